The van der Waals surface area contributed by atoms with E-state index in [0.717, 1.165) is 33.7 Å². The van der Waals surface area contributed by atoms with Crippen LogP contribution in [-0.4, -0.2) is 46.4 Å². The van der Waals surface area contributed by atoms with Crippen LogP contribution in [0.3, 0.4) is 0 Å². The number of nitrogens with zero attached hydrogens (tertiary/aromatic N) is 3. The van der Waals surface area contributed by atoms with Crippen molar-refractivity contribution in [3.63, 3.8) is 0 Å². The van der Waals surface area contributed by atoms with Crippen LogP contribution in [0.1, 0.15) is 43.0 Å². The average Bonchev–Trinajstić information content (AvgIpc) is 3.24. The number of thiophene rings is 1. The maximum absolute atomic E-state index is 8.77. The monoisotopic (exact) mass is 372 g/mol. The Bertz CT molecular complexity index is 938. The molecule has 3 aromatic rings. The molecule has 0 amide bonds. The zero-order chi connectivity index (χ0) is 18.1. The predicted molar refractivity (Wildman–Crippen MR) is 105 cm³/mol. The summed E-state index contributed by atoms with van der Waals surface area (Å²) in [7, 11) is 0. The van der Waals surface area contributed by atoms with E-state index in [2.05, 4.69) is 29.1 Å². The number of ether oxygens (including phenoxy) is 1. The second-order valence-corrected chi connectivity index (χ2v) is 7.91. The van der Waals surface area contributed by atoms with E-state index >= 15 is 0 Å². The van der Waals surface area contributed by atoms with Gasteiger partial charge in [0.1, 0.15) is 17.0 Å². The summed E-state index contributed by atoms with van der Waals surface area (Å²) in [6.07, 6.45) is 5.07. The SMILES string of the molecule is CC(C)c1nc2sc3c(NCCOCCO)ncnc3c2c2c1CCC2. The second-order valence-electron chi connectivity index (χ2n) is 6.91. The number of aliphatic hydroxyl groups excluding tert-OH is 1. The van der Waals surface area contributed by atoms with Gasteiger partial charge < -0.3 is 15.2 Å². The first kappa shape index (κ1) is 17.6. The summed E-state index contributed by atoms with van der Waals surface area (Å²) in [4.78, 5) is 15.1. The van der Waals surface area contributed by atoms with Gasteiger partial charge >= 0.3 is 0 Å². The lowest BCUT2D eigenvalue weighted by molar-refractivity contribution is 0.0992. The Balaban J connectivity index is 1.76. The highest BCUT2D eigenvalue weighted by atomic mass is 32.1. The minimum Gasteiger partial charge on any atom is -0.394 e. The fourth-order valence-corrected chi connectivity index (χ4v) is 4.87. The predicted octanol–water partition coefficient (Wildman–Crippen LogP) is 3.27. The van der Waals surface area contributed by atoms with Crippen LogP contribution in [0.2, 0.25) is 0 Å². The third kappa shape index (κ3) is 3.04. The fraction of sp³-hybridized carbons (Fsp3) is 0.526. The molecule has 2 N–H and O–H groups in total. The lowest BCUT2D eigenvalue weighted by atomic mass is 9.99. The molecule has 26 heavy (non-hydrogen) atoms. The first-order valence-electron chi connectivity index (χ1n) is 9.22. The molecule has 6 nitrogen and oxygen atoms in total. The van der Waals surface area contributed by atoms with Gasteiger partial charge in [-0.3, -0.25) is 0 Å². The van der Waals surface area contributed by atoms with Crippen molar-refractivity contribution in [3.05, 3.63) is 23.1 Å². The molecule has 0 atom stereocenters. The summed E-state index contributed by atoms with van der Waals surface area (Å²) in [5, 5.41) is 13.3. The number of rotatable bonds is 7. The molecule has 1 aliphatic carbocycles. The zero-order valence-corrected chi connectivity index (χ0v) is 16.0. The number of aromatic nitrogens is 3. The van der Waals surface area contributed by atoms with Gasteiger partial charge in [0, 0.05) is 17.6 Å². The first-order valence-corrected chi connectivity index (χ1v) is 10.0. The lowest BCUT2D eigenvalue weighted by Gasteiger charge is -2.11. The van der Waals surface area contributed by atoms with Crippen LogP contribution in [0.25, 0.3) is 20.4 Å². The van der Waals surface area contributed by atoms with Crippen LogP contribution in [-0.2, 0) is 17.6 Å². The van der Waals surface area contributed by atoms with E-state index in [-0.39, 0.29) is 6.61 Å². The molecule has 0 radical (unpaired) electrons. The second kappa shape index (κ2) is 7.42. The van der Waals surface area contributed by atoms with Crippen LogP contribution in [0.4, 0.5) is 5.82 Å². The summed E-state index contributed by atoms with van der Waals surface area (Å²) < 4.78 is 6.38. The summed E-state index contributed by atoms with van der Waals surface area (Å²) in [6, 6.07) is 0. The van der Waals surface area contributed by atoms with Gasteiger partial charge in [0.05, 0.1) is 30.0 Å². The van der Waals surface area contributed by atoms with E-state index in [1.807, 2.05) is 0 Å². The molecule has 0 fully saturated rings. The molecular weight excluding hydrogens is 348 g/mol. The molecule has 0 unspecified atom stereocenters. The molecule has 1 aliphatic rings. The van der Waals surface area contributed by atoms with Crippen LogP contribution in [0.15, 0.2) is 6.33 Å². The molecule has 3 aromatic heterocycles. The number of hydrogen-bond donors (Lipinski definition) is 2. The van der Waals surface area contributed by atoms with Gasteiger partial charge in [-0.1, -0.05) is 13.8 Å². The average molecular weight is 372 g/mol. The molecule has 0 saturated heterocycles. The van der Waals surface area contributed by atoms with Crippen LogP contribution < -0.4 is 5.32 Å². The summed E-state index contributed by atoms with van der Waals surface area (Å²) in [5.41, 5.74) is 5.15. The molecule has 4 rings (SSSR count). The molecule has 7 heteroatoms. The number of anilines is 1. The highest BCUT2D eigenvalue weighted by Crippen LogP contribution is 2.42. The normalized spacial score (nSPS) is 13.8. The van der Waals surface area contributed by atoms with Gasteiger partial charge in [-0.15, -0.1) is 11.3 Å². The minimum absolute atomic E-state index is 0.0447. The van der Waals surface area contributed by atoms with E-state index in [9.17, 15) is 0 Å². The number of aliphatic hydroxyl groups is 1. The van der Waals surface area contributed by atoms with Crippen molar-refractivity contribution in [2.45, 2.75) is 39.0 Å². The smallest absolute Gasteiger partial charge is 0.147 e. The number of hydrogen-bond acceptors (Lipinski definition) is 7. The Labute approximate surface area is 156 Å². The van der Waals surface area contributed by atoms with Crippen molar-refractivity contribution in [1.82, 2.24) is 15.0 Å². The van der Waals surface area contributed by atoms with E-state index < -0.39 is 0 Å². The van der Waals surface area contributed by atoms with Crippen LogP contribution in [0, 0.1) is 0 Å². The van der Waals surface area contributed by atoms with Crippen LogP contribution in [0.5, 0.6) is 0 Å². The van der Waals surface area contributed by atoms with Crippen molar-refractivity contribution in [2.75, 3.05) is 31.7 Å². The molecule has 0 aromatic carbocycles. The molecule has 138 valence electrons. The van der Waals surface area contributed by atoms with Gasteiger partial charge in [0.15, 0.2) is 0 Å². The number of fused-ring (bicyclic) bond motifs is 5. The van der Waals surface area contributed by atoms with Crippen molar-refractivity contribution >= 4 is 37.6 Å². The first-order chi connectivity index (χ1) is 12.7. The van der Waals surface area contributed by atoms with Gasteiger partial charge in [-0.2, -0.15) is 0 Å². The standard InChI is InChI=1S/C19H24N4O2S/c1-11(2)15-13-5-3-4-12(13)14-16-17(26-19(14)23-15)18(22-10-21-16)20-6-8-25-9-7-24/h10-11,24H,3-9H2,1-2H3,(H,20,21,22). The molecular formula is C19H24N4O2S. The Morgan fingerprint density at radius 2 is 2.08 bits per heavy atom. The Hall–Kier alpha value is -1.83. The third-order valence-corrected chi connectivity index (χ3v) is 5.90. The summed E-state index contributed by atoms with van der Waals surface area (Å²) in [6.45, 7) is 6.02. The van der Waals surface area contributed by atoms with Gasteiger partial charge in [0.25, 0.3) is 0 Å². The minimum atomic E-state index is 0.0447. The number of aryl methyl sites for hydroxylation is 1. The van der Waals surface area contributed by atoms with Crippen molar-refractivity contribution < 1.29 is 9.84 Å². The lowest BCUT2D eigenvalue weighted by Crippen LogP contribution is -2.12. The number of nitrogens with one attached hydrogen (secondary N) is 1. The van der Waals surface area contributed by atoms with Gasteiger partial charge in [0.2, 0.25) is 0 Å². The largest absolute Gasteiger partial charge is 0.394 e. The van der Waals surface area contributed by atoms with E-state index in [1.165, 1.54) is 28.6 Å². The highest BCUT2D eigenvalue weighted by Gasteiger charge is 2.25. The summed E-state index contributed by atoms with van der Waals surface area (Å²) >= 11 is 1.67. The van der Waals surface area contributed by atoms with E-state index in [4.69, 9.17) is 14.8 Å². The summed E-state index contributed by atoms with van der Waals surface area (Å²) in [5.74, 6) is 1.27. The Kier molecular flexibility index (Phi) is 5.02. The fourth-order valence-electron chi connectivity index (χ4n) is 3.74. The molecule has 0 bridgehead atoms. The zero-order valence-electron chi connectivity index (χ0n) is 15.2. The van der Waals surface area contributed by atoms with Crippen molar-refractivity contribution in [2.24, 2.45) is 0 Å². The van der Waals surface area contributed by atoms with Gasteiger partial charge in [-0.05, 0) is 36.3 Å². The van der Waals surface area contributed by atoms with E-state index in [1.54, 1.807) is 17.7 Å². The van der Waals surface area contributed by atoms with Crippen molar-refractivity contribution in [3.8, 4) is 0 Å². The van der Waals surface area contributed by atoms with E-state index in [0.29, 0.717) is 25.7 Å². The Morgan fingerprint density at radius 3 is 2.88 bits per heavy atom. The quantitative estimate of drug-likeness (QED) is 0.620. The highest BCUT2D eigenvalue weighted by molar-refractivity contribution is 7.26. The number of pyridine rings is 1. The third-order valence-electron chi connectivity index (χ3n) is 4.83. The topological polar surface area (TPSA) is 80.2 Å². The molecule has 0 saturated carbocycles. The maximum atomic E-state index is 8.77. The Morgan fingerprint density at radius 1 is 1.23 bits per heavy atom. The molecule has 3 heterocycles. The molecule has 0 spiro atoms. The van der Waals surface area contributed by atoms with Gasteiger partial charge in [-0.25, -0.2) is 15.0 Å². The maximum Gasteiger partial charge on any atom is 0.147 e. The van der Waals surface area contributed by atoms with Crippen LogP contribution >= 0.6 is 11.3 Å². The van der Waals surface area contributed by atoms with Crippen molar-refractivity contribution in [1.29, 1.82) is 0 Å². The molecule has 0 aliphatic heterocycles.